The van der Waals surface area contributed by atoms with Gasteiger partial charge >= 0.3 is 0 Å². The summed E-state index contributed by atoms with van der Waals surface area (Å²) in [6, 6.07) is 0. The zero-order chi connectivity index (χ0) is 10.5. The molecule has 13 heavy (non-hydrogen) atoms. The Morgan fingerprint density at radius 2 is 1.92 bits per heavy atom. The molecule has 0 bridgehead atoms. The van der Waals surface area contributed by atoms with Crippen LogP contribution in [0.5, 0.6) is 0 Å². The zero-order valence-corrected chi connectivity index (χ0v) is 8.78. The van der Waals surface area contributed by atoms with Crippen LogP contribution in [0, 0.1) is 10.4 Å². The quantitative estimate of drug-likeness (QED) is 0.386. The number of hydrazine groups is 1. The number of nitrogens with zero attached hydrogens (tertiary/aromatic N) is 3. The lowest BCUT2D eigenvalue weighted by atomic mass is 10.1. The lowest BCUT2D eigenvalue weighted by Crippen LogP contribution is -2.46. The van der Waals surface area contributed by atoms with Gasteiger partial charge in [-0.1, -0.05) is 13.3 Å². The summed E-state index contributed by atoms with van der Waals surface area (Å²) in [5, 5.41) is 24.9. The van der Waals surface area contributed by atoms with E-state index in [2.05, 4.69) is 5.28 Å². The first-order valence-electron chi connectivity index (χ1n) is 4.51. The molecule has 0 aliphatic heterocycles. The maximum absolute atomic E-state index is 11.0. The maximum atomic E-state index is 11.0. The van der Waals surface area contributed by atoms with Crippen LogP contribution < -0.4 is 0 Å². The van der Waals surface area contributed by atoms with Crippen molar-refractivity contribution in [2.45, 2.75) is 46.1 Å². The Hall–Kier alpha value is -1.00. The van der Waals surface area contributed by atoms with E-state index >= 15 is 0 Å². The minimum Gasteiger partial charge on any atom is -0.737 e. The number of hydrogen-bond acceptors (Lipinski definition) is 3. The largest absolute Gasteiger partial charge is 0.737 e. The lowest BCUT2D eigenvalue weighted by Gasteiger charge is -2.31. The molecule has 0 unspecified atom stereocenters. The molecule has 0 aliphatic rings. The minimum absolute atomic E-state index is 0.135. The molecule has 0 aromatic carbocycles. The molecular weight excluding hydrogens is 170 g/mol. The molecule has 0 heterocycles. The van der Waals surface area contributed by atoms with Gasteiger partial charge in [0.2, 0.25) is 0 Å². The van der Waals surface area contributed by atoms with Crippen LogP contribution in [0.3, 0.4) is 0 Å². The van der Waals surface area contributed by atoms with Crippen molar-refractivity contribution in [2.24, 2.45) is 5.28 Å². The molecule has 0 rings (SSSR count). The van der Waals surface area contributed by atoms with Crippen molar-refractivity contribution >= 4 is 0 Å². The number of unbranched alkanes of at least 4 members (excludes halogenated alkanes) is 1. The van der Waals surface area contributed by atoms with Crippen molar-refractivity contribution in [2.75, 3.05) is 6.54 Å². The summed E-state index contributed by atoms with van der Waals surface area (Å²) in [6.07, 6.45) is 1.87. The average molecular weight is 188 g/mol. The fourth-order valence-electron chi connectivity index (χ4n) is 1.03. The summed E-state index contributed by atoms with van der Waals surface area (Å²) in [4.78, 5) is 0.135. The van der Waals surface area contributed by atoms with Crippen LogP contribution in [0.1, 0.15) is 40.5 Å². The van der Waals surface area contributed by atoms with E-state index in [-0.39, 0.29) is 10.5 Å². The maximum Gasteiger partial charge on any atom is 0.0899 e. The minimum atomic E-state index is -0.356. The molecule has 5 heteroatoms. The normalized spacial score (nSPS) is 13.1. The molecule has 0 aromatic rings. The zero-order valence-electron chi connectivity index (χ0n) is 8.78. The van der Waals surface area contributed by atoms with E-state index in [9.17, 15) is 10.4 Å². The van der Waals surface area contributed by atoms with Crippen LogP contribution in [0.2, 0.25) is 0 Å². The van der Waals surface area contributed by atoms with Crippen LogP contribution in [-0.4, -0.2) is 22.1 Å². The fourth-order valence-corrected chi connectivity index (χ4v) is 1.03. The molecule has 0 radical (unpaired) electrons. The second-order valence-electron chi connectivity index (χ2n) is 3.98. The molecule has 0 saturated heterocycles. The highest BCUT2D eigenvalue weighted by atomic mass is 16.6. The van der Waals surface area contributed by atoms with Gasteiger partial charge in [0.1, 0.15) is 0 Å². The van der Waals surface area contributed by atoms with Gasteiger partial charge in [-0.3, -0.25) is 0 Å². The van der Waals surface area contributed by atoms with Gasteiger partial charge in [0.15, 0.2) is 0 Å². The summed E-state index contributed by atoms with van der Waals surface area (Å²) < 4.78 is 0. The number of rotatable bonds is 4. The third-order valence-electron chi connectivity index (χ3n) is 1.77. The van der Waals surface area contributed by atoms with Gasteiger partial charge < -0.3 is 10.4 Å². The van der Waals surface area contributed by atoms with Crippen molar-refractivity contribution < 1.29 is 4.97 Å². The van der Waals surface area contributed by atoms with E-state index in [1.165, 1.54) is 5.01 Å². The Morgan fingerprint density at radius 3 is 2.23 bits per heavy atom. The van der Waals surface area contributed by atoms with Gasteiger partial charge in [-0.05, 0) is 32.5 Å². The predicted molar refractivity (Wildman–Crippen MR) is 50.8 cm³/mol. The van der Waals surface area contributed by atoms with Crippen LogP contribution in [0.25, 0.3) is 0 Å². The van der Waals surface area contributed by atoms with Crippen molar-refractivity contribution in [1.29, 1.82) is 0 Å². The first kappa shape index (κ1) is 12.0. The van der Waals surface area contributed by atoms with E-state index < -0.39 is 0 Å². The standard InChI is InChI=1S/C8H19N3O2/c1-5-6-7-10(8(2,3)4)11(13)9-12/h12H,5-7H2,1-4H3/p-1/b11-9+. The molecule has 0 N–H and O–H groups in total. The monoisotopic (exact) mass is 188 g/mol. The topological polar surface area (TPSA) is 64.7 Å². The van der Waals surface area contributed by atoms with Gasteiger partial charge in [0.05, 0.1) is 12.1 Å². The van der Waals surface area contributed by atoms with Crippen molar-refractivity contribution in [1.82, 2.24) is 5.01 Å². The lowest BCUT2D eigenvalue weighted by molar-refractivity contribution is -0.706. The smallest absolute Gasteiger partial charge is 0.0899 e. The van der Waals surface area contributed by atoms with Gasteiger partial charge in [-0.2, -0.15) is 0 Å². The molecule has 0 atom stereocenters. The predicted octanol–water partition coefficient (Wildman–Crippen LogP) is 2.26. The molecule has 0 spiro atoms. The van der Waals surface area contributed by atoms with Crippen LogP contribution in [0.15, 0.2) is 5.28 Å². The molecule has 78 valence electrons. The van der Waals surface area contributed by atoms with Crippen LogP contribution in [-0.2, 0) is 0 Å². The molecule has 0 fully saturated rings. The van der Waals surface area contributed by atoms with Crippen molar-refractivity contribution in [3.05, 3.63) is 10.4 Å². The SMILES string of the molecule is CCCCN(/[N+]([O-])=N\[O-])C(C)(C)C. The summed E-state index contributed by atoms with van der Waals surface area (Å²) in [6.45, 7) is 8.22. The molecule has 0 saturated carbocycles. The molecule has 0 amide bonds. The van der Waals surface area contributed by atoms with Crippen molar-refractivity contribution in [3.8, 4) is 0 Å². The second-order valence-corrected chi connectivity index (χ2v) is 3.98. The Balaban J connectivity index is 4.38. The second kappa shape index (κ2) is 4.89. The third-order valence-corrected chi connectivity index (χ3v) is 1.77. The van der Waals surface area contributed by atoms with E-state index in [0.29, 0.717) is 6.54 Å². The third kappa shape index (κ3) is 3.96. The van der Waals surface area contributed by atoms with E-state index in [4.69, 9.17) is 0 Å². The van der Waals surface area contributed by atoms with Gasteiger partial charge in [-0.15, -0.1) is 5.01 Å². The molecule has 5 nitrogen and oxygen atoms in total. The Kier molecular flexibility index (Phi) is 4.51. The molecule has 0 aromatic heterocycles. The summed E-state index contributed by atoms with van der Waals surface area (Å²) in [5.74, 6) is 0. The first-order valence-corrected chi connectivity index (χ1v) is 4.51. The Morgan fingerprint density at radius 1 is 1.38 bits per heavy atom. The first-order chi connectivity index (χ1) is 5.93. The van der Waals surface area contributed by atoms with E-state index in [0.717, 1.165) is 12.8 Å². The van der Waals surface area contributed by atoms with Crippen LogP contribution in [0.4, 0.5) is 0 Å². The Labute approximate surface area is 79.2 Å². The average Bonchev–Trinajstić information content (AvgIpc) is 2.02. The highest BCUT2D eigenvalue weighted by Crippen LogP contribution is 2.14. The van der Waals surface area contributed by atoms with Crippen LogP contribution >= 0.6 is 0 Å². The number of hydrogen-bond donors (Lipinski definition) is 0. The highest BCUT2D eigenvalue weighted by molar-refractivity contribution is 4.68. The van der Waals surface area contributed by atoms with E-state index in [1.54, 1.807) is 0 Å². The molecular formula is C8H18N3O2-. The van der Waals surface area contributed by atoms with Crippen molar-refractivity contribution in [3.63, 3.8) is 0 Å². The van der Waals surface area contributed by atoms with Gasteiger partial charge in [0, 0.05) is 4.97 Å². The fraction of sp³-hybridized carbons (Fsp3) is 1.00. The van der Waals surface area contributed by atoms with Gasteiger partial charge in [-0.25, -0.2) is 0 Å². The highest BCUT2D eigenvalue weighted by Gasteiger charge is 2.26. The molecule has 0 aliphatic carbocycles. The van der Waals surface area contributed by atoms with Gasteiger partial charge in [0.25, 0.3) is 0 Å². The summed E-state index contributed by atoms with van der Waals surface area (Å²) in [5.41, 5.74) is -0.356. The Bertz CT molecular complexity index is 175. The van der Waals surface area contributed by atoms with E-state index in [1.807, 2.05) is 27.7 Å². The summed E-state index contributed by atoms with van der Waals surface area (Å²) >= 11 is 0. The summed E-state index contributed by atoms with van der Waals surface area (Å²) in [7, 11) is 0.